The summed E-state index contributed by atoms with van der Waals surface area (Å²) in [6.45, 7) is 6.99. The number of unbranched alkanes of at least 4 members (excludes halogenated alkanes) is 26. The monoisotopic (exact) mass is 588 g/mol. The van der Waals surface area contributed by atoms with Crippen LogP contribution in [0.15, 0.2) is 0 Å². The standard InChI is InChI=1S/C35H73N.BrH/c1-4-7-9-11-13-15-17-19-21-23-25-27-29-31-33-35(36,6-3)34-32-30-28-26-24-22-20-18-16-14-12-10-8-5-2;/h4-34,36H2,1-3H3;1H. The third-order valence-corrected chi connectivity index (χ3v) is 8.87. The molecule has 3 N–H and O–H groups in total. The number of quaternary nitrogens is 1. The van der Waals surface area contributed by atoms with Crippen LogP contribution in [0.5, 0.6) is 0 Å². The van der Waals surface area contributed by atoms with Crippen LogP contribution in [0.2, 0.25) is 0 Å². The van der Waals surface area contributed by atoms with Crippen molar-refractivity contribution in [2.45, 2.75) is 225 Å². The maximum atomic E-state index is 4.69. The van der Waals surface area contributed by atoms with E-state index in [0.717, 1.165) is 0 Å². The first-order chi connectivity index (χ1) is 17.7. The van der Waals surface area contributed by atoms with E-state index in [1.807, 2.05) is 0 Å². The van der Waals surface area contributed by atoms with Crippen molar-refractivity contribution in [3.8, 4) is 0 Å². The van der Waals surface area contributed by atoms with Gasteiger partial charge in [-0.05, 0) is 19.3 Å². The van der Waals surface area contributed by atoms with Crippen LogP contribution < -0.4 is 22.7 Å². The quantitative estimate of drug-likeness (QED) is 0.0783. The van der Waals surface area contributed by atoms with Gasteiger partial charge in [0.2, 0.25) is 0 Å². The molecule has 0 aliphatic rings. The highest BCUT2D eigenvalue weighted by Crippen LogP contribution is 2.23. The molecule has 0 amide bonds. The molecule has 0 aromatic rings. The van der Waals surface area contributed by atoms with Gasteiger partial charge in [-0.1, -0.05) is 188 Å². The third kappa shape index (κ3) is 30.8. The molecular formula is C35H74BrN. The lowest BCUT2D eigenvalue weighted by Crippen LogP contribution is -3.00. The van der Waals surface area contributed by atoms with E-state index in [9.17, 15) is 0 Å². The molecule has 0 aromatic heterocycles. The zero-order chi connectivity index (χ0) is 26.4. The molecule has 0 radical (unpaired) electrons. The van der Waals surface area contributed by atoms with Gasteiger partial charge in [-0.25, -0.2) is 0 Å². The summed E-state index contributed by atoms with van der Waals surface area (Å²) in [5, 5.41) is 0. The van der Waals surface area contributed by atoms with Gasteiger partial charge in [0, 0.05) is 12.8 Å². The highest BCUT2D eigenvalue weighted by Gasteiger charge is 2.25. The Morgan fingerprint density at radius 3 is 0.703 bits per heavy atom. The molecule has 0 bridgehead atoms. The molecule has 0 unspecified atom stereocenters. The number of hydrogen-bond donors (Lipinski definition) is 1. The highest BCUT2D eigenvalue weighted by atomic mass is 79.9. The van der Waals surface area contributed by atoms with Crippen molar-refractivity contribution in [2.75, 3.05) is 0 Å². The summed E-state index contributed by atoms with van der Waals surface area (Å²) in [6, 6.07) is 0. The molecular weight excluding hydrogens is 514 g/mol. The van der Waals surface area contributed by atoms with E-state index in [4.69, 9.17) is 0 Å². The topological polar surface area (TPSA) is 27.6 Å². The number of rotatable bonds is 31. The zero-order valence-electron chi connectivity index (χ0n) is 26.5. The van der Waals surface area contributed by atoms with Crippen molar-refractivity contribution in [3.05, 3.63) is 0 Å². The molecule has 37 heavy (non-hydrogen) atoms. The Hall–Kier alpha value is 0.440. The fraction of sp³-hybridized carbons (Fsp3) is 1.00. The van der Waals surface area contributed by atoms with Gasteiger partial charge in [-0.2, -0.15) is 0 Å². The average Bonchev–Trinajstić information content (AvgIpc) is 2.89. The van der Waals surface area contributed by atoms with Gasteiger partial charge in [-0.3, -0.25) is 0 Å². The number of hydrogen-bond acceptors (Lipinski definition) is 0. The van der Waals surface area contributed by atoms with Crippen molar-refractivity contribution in [2.24, 2.45) is 0 Å². The van der Waals surface area contributed by atoms with Crippen LogP contribution in [0.1, 0.15) is 220 Å². The molecule has 0 saturated carbocycles. The summed E-state index contributed by atoms with van der Waals surface area (Å²) in [5.74, 6) is 0. The van der Waals surface area contributed by atoms with E-state index in [1.54, 1.807) is 0 Å². The van der Waals surface area contributed by atoms with E-state index in [1.165, 1.54) is 199 Å². The molecule has 1 nitrogen and oxygen atoms in total. The van der Waals surface area contributed by atoms with E-state index in [2.05, 4.69) is 26.5 Å². The predicted octanol–water partition coefficient (Wildman–Crippen LogP) is 9.12. The summed E-state index contributed by atoms with van der Waals surface area (Å²) >= 11 is 0. The fourth-order valence-corrected chi connectivity index (χ4v) is 5.87. The summed E-state index contributed by atoms with van der Waals surface area (Å²) in [5.41, 5.74) is 5.06. The van der Waals surface area contributed by atoms with Gasteiger partial charge in [0.15, 0.2) is 0 Å². The van der Waals surface area contributed by atoms with Crippen molar-refractivity contribution < 1.29 is 22.7 Å². The summed E-state index contributed by atoms with van der Waals surface area (Å²) in [7, 11) is 0. The first kappa shape index (κ1) is 39.6. The third-order valence-electron chi connectivity index (χ3n) is 8.87. The molecule has 0 atom stereocenters. The maximum Gasteiger partial charge on any atom is 0.0943 e. The van der Waals surface area contributed by atoms with Crippen molar-refractivity contribution in [1.29, 1.82) is 0 Å². The second-order valence-electron chi connectivity index (χ2n) is 12.5. The minimum Gasteiger partial charge on any atom is -1.00 e. The summed E-state index contributed by atoms with van der Waals surface area (Å²) in [4.78, 5) is 0. The zero-order valence-corrected chi connectivity index (χ0v) is 28.1. The molecule has 0 spiro atoms. The molecule has 0 aliphatic heterocycles. The minimum absolute atomic E-state index is 0. The Bertz CT molecular complexity index is 365. The van der Waals surface area contributed by atoms with Crippen LogP contribution in [-0.2, 0) is 0 Å². The molecule has 2 heteroatoms. The molecule has 0 aromatic carbocycles. The lowest BCUT2D eigenvalue weighted by molar-refractivity contribution is -0.483. The van der Waals surface area contributed by atoms with Gasteiger partial charge in [0.25, 0.3) is 0 Å². The normalized spacial score (nSPS) is 11.7. The summed E-state index contributed by atoms with van der Waals surface area (Å²) < 4.78 is 0. The Kier molecular flexibility index (Phi) is 34.9. The Balaban J connectivity index is 0. The fourth-order valence-electron chi connectivity index (χ4n) is 5.87. The van der Waals surface area contributed by atoms with E-state index >= 15 is 0 Å². The van der Waals surface area contributed by atoms with Crippen molar-refractivity contribution in [1.82, 2.24) is 0 Å². The van der Waals surface area contributed by atoms with Crippen LogP contribution in [-0.4, -0.2) is 5.54 Å². The lowest BCUT2D eigenvalue weighted by Gasteiger charge is -2.24. The molecule has 0 rings (SSSR count). The Morgan fingerprint density at radius 1 is 0.324 bits per heavy atom. The minimum atomic E-state index is 0. The second-order valence-corrected chi connectivity index (χ2v) is 12.5. The lowest BCUT2D eigenvalue weighted by atomic mass is 9.85. The largest absolute Gasteiger partial charge is 1.00 e. The van der Waals surface area contributed by atoms with Gasteiger partial charge in [0.05, 0.1) is 5.54 Å². The van der Waals surface area contributed by atoms with Crippen LogP contribution in [0.3, 0.4) is 0 Å². The molecule has 226 valence electrons. The van der Waals surface area contributed by atoms with Crippen LogP contribution in [0, 0.1) is 0 Å². The van der Waals surface area contributed by atoms with Crippen LogP contribution in [0.25, 0.3) is 0 Å². The van der Waals surface area contributed by atoms with Crippen molar-refractivity contribution >= 4 is 0 Å². The first-order valence-corrected chi connectivity index (χ1v) is 17.5. The molecule has 0 heterocycles. The van der Waals surface area contributed by atoms with Gasteiger partial charge in [-0.15, -0.1) is 0 Å². The van der Waals surface area contributed by atoms with Gasteiger partial charge >= 0.3 is 0 Å². The Morgan fingerprint density at radius 2 is 0.514 bits per heavy atom. The number of halogens is 1. The SMILES string of the molecule is CCCCCCCCCCCCCCCCC([NH3+])(CC)CCCCCCCCCCCCCCCC.[Br-]. The highest BCUT2D eigenvalue weighted by molar-refractivity contribution is 4.75. The second kappa shape index (κ2) is 32.7. The average molecular weight is 589 g/mol. The maximum absolute atomic E-state index is 4.69. The van der Waals surface area contributed by atoms with E-state index < -0.39 is 0 Å². The summed E-state index contributed by atoms with van der Waals surface area (Å²) in [6.07, 6.45) is 44.7. The van der Waals surface area contributed by atoms with E-state index in [0.29, 0.717) is 5.54 Å². The Labute approximate surface area is 247 Å². The van der Waals surface area contributed by atoms with Crippen LogP contribution >= 0.6 is 0 Å². The van der Waals surface area contributed by atoms with Gasteiger partial charge < -0.3 is 22.7 Å². The molecule has 0 aliphatic carbocycles. The van der Waals surface area contributed by atoms with Crippen molar-refractivity contribution in [3.63, 3.8) is 0 Å². The molecule has 0 fully saturated rings. The van der Waals surface area contributed by atoms with Gasteiger partial charge in [0.1, 0.15) is 0 Å². The molecule has 0 saturated heterocycles. The predicted molar refractivity (Wildman–Crippen MR) is 166 cm³/mol. The smallest absolute Gasteiger partial charge is 0.0943 e. The van der Waals surface area contributed by atoms with Crippen LogP contribution in [0.4, 0.5) is 0 Å². The van der Waals surface area contributed by atoms with E-state index in [-0.39, 0.29) is 17.0 Å². The first-order valence-electron chi connectivity index (χ1n) is 17.5.